The lowest BCUT2D eigenvalue weighted by atomic mass is 9.93. The Morgan fingerprint density at radius 1 is 1.50 bits per heavy atom. The number of thiazole rings is 1. The van der Waals surface area contributed by atoms with Crippen molar-refractivity contribution in [3.8, 4) is 0 Å². The first-order valence-corrected chi connectivity index (χ1v) is 4.79. The molecule has 0 aliphatic rings. The number of rotatable bonds is 0. The first-order chi connectivity index (χ1) is 4.50. The normalized spacial score (nSPS) is 12.0. The minimum absolute atomic E-state index is 0.183. The molecule has 0 radical (unpaired) electrons. The molecular formula is C7H10BrNS. The molecule has 0 spiro atoms. The highest BCUT2D eigenvalue weighted by Gasteiger charge is 2.16. The van der Waals surface area contributed by atoms with Crippen molar-refractivity contribution in [2.45, 2.75) is 26.2 Å². The maximum absolute atomic E-state index is 4.32. The van der Waals surface area contributed by atoms with Crippen molar-refractivity contribution >= 4 is 27.3 Å². The van der Waals surface area contributed by atoms with Crippen LogP contribution in [0.1, 0.15) is 26.5 Å². The van der Waals surface area contributed by atoms with Crippen molar-refractivity contribution in [3.05, 3.63) is 15.0 Å². The molecule has 0 saturated heterocycles. The van der Waals surface area contributed by atoms with E-state index in [1.807, 2.05) is 0 Å². The molecule has 0 amide bonds. The van der Waals surface area contributed by atoms with Gasteiger partial charge in [0.15, 0.2) is 3.92 Å². The largest absolute Gasteiger partial charge is 0.234 e. The van der Waals surface area contributed by atoms with Crippen LogP contribution in [0.3, 0.4) is 0 Å². The highest BCUT2D eigenvalue weighted by molar-refractivity contribution is 9.11. The van der Waals surface area contributed by atoms with E-state index in [0.717, 1.165) is 9.61 Å². The van der Waals surface area contributed by atoms with Crippen LogP contribution in [-0.2, 0) is 5.41 Å². The molecule has 56 valence electrons. The molecule has 0 aliphatic carbocycles. The third-order valence-electron chi connectivity index (χ3n) is 1.24. The first-order valence-electron chi connectivity index (χ1n) is 3.11. The molecule has 0 N–H and O–H groups in total. The van der Waals surface area contributed by atoms with Crippen LogP contribution in [0.15, 0.2) is 9.30 Å². The first kappa shape index (κ1) is 8.21. The molecule has 10 heavy (non-hydrogen) atoms. The Morgan fingerprint density at radius 3 is 2.30 bits per heavy atom. The summed E-state index contributed by atoms with van der Waals surface area (Å²) in [5.74, 6) is 0. The zero-order valence-corrected chi connectivity index (χ0v) is 8.71. The predicted molar refractivity (Wildman–Crippen MR) is 48.5 cm³/mol. The van der Waals surface area contributed by atoms with Crippen molar-refractivity contribution in [2.24, 2.45) is 0 Å². The van der Waals surface area contributed by atoms with E-state index < -0.39 is 0 Å². The minimum Gasteiger partial charge on any atom is -0.234 e. The third kappa shape index (κ3) is 1.80. The number of aromatic nitrogens is 1. The molecule has 0 unspecified atom stereocenters. The minimum atomic E-state index is 0.183. The Morgan fingerprint density at radius 2 is 2.10 bits per heavy atom. The van der Waals surface area contributed by atoms with E-state index in [0.29, 0.717) is 0 Å². The van der Waals surface area contributed by atoms with Crippen molar-refractivity contribution in [3.63, 3.8) is 0 Å². The molecule has 3 heteroatoms. The van der Waals surface area contributed by atoms with Gasteiger partial charge in [0.2, 0.25) is 0 Å². The van der Waals surface area contributed by atoms with Crippen molar-refractivity contribution in [2.75, 3.05) is 0 Å². The van der Waals surface area contributed by atoms with Crippen LogP contribution in [0.25, 0.3) is 0 Å². The van der Waals surface area contributed by atoms with Crippen LogP contribution in [-0.4, -0.2) is 4.98 Å². The Balaban J connectivity index is 2.96. The molecule has 1 heterocycles. The standard InChI is InChI=1S/C7H10BrNS/c1-7(2,3)5-4-10-6(8)9-5/h4H,1-3H3. The molecule has 0 saturated carbocycles. The van der Waals surface area contributed by atoms with Gasteiger partial charge in [-0.2, -0.15) is 0 Å². The zero-order chi connectivity index (χ0) is 7.78. The van der Waals surface area contributed by atoms with Crippen LogP contribution in [0, 0.1) is 0 Å². The molecular weight excluding hydrogens is 210 g/mol. The molecule has 0 fully saturated rings. The van der Waals surface area contributed by atoms with Gasteiger partial charge in [-0.1, -0.05) is 20.8 Å². The monoisotopic (exact) mass is 219 g/mol. The Labute approximate surface area is 73.6 Å². The second-order valence-corrected chi connectivity index (χ2v) is 5.37. The van der Waals surface area contributed by atoms with Gasteiger partial charge in [-0.05, 0) is 15.9 Å². The second kappa shape index (κ2) is 2.62. The smallest absolute Gasteiger partial charge is 0.159 e. The van der Waals surface area contributed by atoms with Gasteiger partial charge in [-0.3, -0.25) is 0 Å². The van der Waals surface area contributed by atoms with Crippen molar-refractivity contribution < 1.29 is 0 Å². The maximum Gasteiger partial charge on any atom is 0.159 e. The summed E-state index contributed by atoms with van der Waals surface area (Å²) in [7, 11) is 0. The fourth-order valence-electron chi connectivity index (χ4n) is 0.596. The number of nitrogens with zero attached hydrogens (tertiary/aromatic N) is 1. The van der Waals surface area contributed by atoms with E-state index in [-0.39, 0.29) is 5.41 Å². The summed E-state index contributed by atoms with van der Waals surface area (Å²) in [4.78, 5) is 4.32. The maximum atomic E-state index is 4.32. The fourth-order valence-corrected chi connectivity index (χ4v) is 1.83. The fraction of sp³-hybridized carbons (Fsp3) is 0.571. The summed E-state index contributed by atoms with van der Waals surface area (Å²) >= 11 is 4.97. The van der Waals surface area contributed by atoms with E-state index in [2.05, 4.69) is 47.1 Å². The average molecular weight is 220 g/mol. The summed E-state index contributed by atoms with van der Waals surface area (Å²) in [6.07, 6.45) is 0. The summed E-state index contributed by atoms with van der Waals surface area (Å²) < 4.78 is 0.970. The van der Waals surface area contributed by atoms with E-state index in [1.54, 1.807) is 11.3 Å². The van der Waals surface area contributed by atoms with Gasteiger partial charge < -0.3 is 0 Å². The molecule has 1 aromatic rings. The SMILES string of the molecule is CC(C)(C)c1csc(Br)n1. The summed E-state index contributed by atoms with van der Waals surface area (Å²) in [6.45, 7) is 6.48. The molecule has 1 rings (SSSR count). The topological polar surface area (TPSA) is 12.9 Å². The highest BCUT2D eigenvalue weighted by Crippen LogP contribution is 2.25. The molecule has 0 bridgehead atoms. The lowest BCUT2D eigenvalue weighted by Gasteiger charge is -2.13. The highest BCUT2D eigenvalue weighted by atomic mass is 79.9. The molecule has 1 aromatic heterocycles. The van der Waals surface area contributed by atoms with Crippen molar-refractivity contribution in [1.29, 1.82) is 0 Å². The van der Waals surface area contributed by atoms with Gasteiger partial charge in [-0.15, -0.1) is 11.3 Å². The van der Waals surface area contributed by atoms with E-state index in [1.165, 1.54) is 0 Å². The Bertz CT molecular complexity index is 224. The molecule has 0 aliphatic heterocycles. The van der Waals surface area contributed by atoms with Crippen LogP contribution < -0.4 is 0 Å². The van der Waals surface area contributed by atoms with Gasteiger partial charge in [-0.25, -0.2) is 4.98 Å². The number of hydrogen-bond acceptors (Lipinski definition) is 2. The van der Waals surface area contributed by atoms with Crippen LogP contribution in [0.4, 0.5) is 0 Å². The van der Waals surface area contributed by atoms with E-state index >= 15 is 0 Å². The van der Waals surface area contributed by atoms with Crippen molar-refractivity contribution in [1.82, 2.24) is 4.98 Å². The van der Waals surface area contributed by atoms with Crippen LogP contribution in [0.5, 0.6) is 0 Å². The quantitative estimate of drug-likeness (QED) is 0.654. The van der Waals surface area contributed by atoms with Gasteiger partial charge >= 0.3 is 0 Å². The summed E-state index contributed by atoms with van der Waals surface area (Å²) in [5.41, 5.74) is 1.34. The summed E-state index contributed by atoms with van der Waals surface area (Å²) in [5, 5.41) is 2.09. The molecule has 1 nitrogen and oxygen atoms in total. The second-order valence-electron chi connectivity index (χ2n) is 3.24. The Hall–Kier alpha value is 0.110. The van der Waals surface area contributed by atoms with Crippen LogP contribution in [0.2, 0.25) is 0 Å². The molecule has 0 atom stereocenters. The molecule has 0 aromatic carbocycles. The predicted octanol–water partition coefficient (Wildman–Crippen LogP) is 3.20. The Kier molecular flexibility index (Phi) is 2.15. The third-order valence-corrected chi connectivity index (χ3v) is 2.61. The van der Waals surface area contributed by atoms with Gasteiger partial charge in [0.1, 0.15) is 0 Å². The van der Waals surface area contributed by atoms with Gasteiger partial charge in [0.05, 0.1) is 5.69 Å². The van der Waals surface area contributed by atoms with Gasteiger partial charge in [0.25, 0.3) is 0 Å². The average Bonchev–Trinajstić information content (AvgIpc) is 2.11. The van der Waals surface area contributed by atoms with E-state index in [4.69, 9.17) is 0 Å². The summed E-state index contributed by atoms with van der Waals surface area (Å²) in [6, 6.07) is 0. The lowest BCUT2D eigenvalue weighted by Crippen LogP contribution is -2.10. The number of hydrogen-bond donors (Lipinski definition) is 0. The van der Waals surface area contributed by atoms with Gasteiger partial charge in [0, 0.05) is 10.8 Å². The van der Waals surface area contributed by atoms with E-state index in [9.17, 15) is 0 Å². The number of halogens is 1. The zero-order valence-electron chi connectivity index (χ0n) is 6.31. The van der Waals surface area contributed by atoms with Crippen LogP contribution >= 0.6 is 27.3 Å². The lowest BCUT2D eigenvalue weighted by molar-refractivity contribution is 0.572.